The van der Waals surface area contributed by atoms with Gasteiger partial charge in [0, 0.05) is 0 Å². The molecule has 50 valence electrons. The average Bonchev–Trinajstić information content (AvgIpc) is 2.11. The molecule has 0 aromatic carbocycles. The van der Waals surface area contributed by atoms with Gasteiger partial charge in [-0.1, -0.05) is 24.3 Å². The minimum atomic E-state index is -1.83. The topological polar surface area (TPSA) is 57.5 Å². The molecule has 0 atom stereocenters. The fraction of sp³-hybridized carbons (Fsp3) is 0.167. The Kier molecular flexibility index (Phi) is 4.22. The van der Waals surface area contributed by atoms with E-state index in [9.17, 15) is 0 Å². The van der Waals surface area contributed by atoms with Crippen molar-refractivity contribution in [2.24, 2.45) is 0 Å². The van der Waals surface area contributed by atoms with Crippen LogP contribution in [0, 0.1) is 0 Å². The largest absolute Gasteiger partial charge is 0.503 e. The van der Waals surface area contributed by atoms with E-state index >= 15 is 0 Å². The monoisotopic (exact) mass is 128 g/mol. The highest BCUT2D eigenvalue weighted by Gasteiger charge is 1.72. The van der Waals surface area contributed by atoms with E-state index in [4.69, 9.17) is 15.0 Å². The Labute approximate surface area is 52.9 Å². The van der Waals surface area contributed by atoms with Gasteiger partial charge in [0.25, 0.3) is 0 Å². The summed E-state index contributed by atoms with van der Waals surface area (Å²) in [4.78, 5) is 8.56. The molecule has 0 aromatic heterocycles. The Morgan fingerprint density at radius 3 is 1.67 bits per heavy atom. The molecule has 0 heterocycles. The second-order valence-electron chi connectivity index (χ2n) is 1.37. The zero-order valence-electron chi connectivity index (χ0n) is 4.82. The van der Waals surface area contributed by atoms with E-state index in [0.29, 0.717) is 0 Å². The fourth-order valence-corrected chi connectivity index (χ4v) is 0.393. The molecule has 0 aromatic rings. The first kappa shape index (κ1) is 7.75. The molecule has 0 fully saturated rings. The Morgan fingerprint density at radius 1 is 1.22 bits per heavy atom. The summed E-state index contributed by atoms with van der Waals surface area (Å²) in [6.07, 6.45) is 7.67. The lowest BCUT2D eigenvalue weighted by molar-refractivity contribution is 0.137. The van der Waals surface area contributed by atoms with Crippen molar-refractivity contribution < 1.29 is 15.0 Å². The predicted octanol–water partition coefficient (Wildman–Crippen LogP) is 1.72. The first-order valence-electron chi connectivity index (χ1n) is 2.47. The molecular formula is C6H8O3. The minimum Gasteiger partial charge on any atom is -0.450 e. The van der Waals surface area contributed by atoms with Crippen molar-refractivity contribution in [3.05, 3.63) is 24.3 Å². The standard InChI is InChI=1S/C5H6.CH2O3/c1-2-4-5-3-1;2-1(3)4/h1-4H,5H2;(H2,2,3,4). The van der Waals surface area contributed by atoms with Gasteiger partial charge in [0.1, 0.15) is 0 Å². The van der Waals surface area contributed by atoms with Crippen LogP contribution in [0.1, 0.15) is 6.42 Å². The van der Waals surface area contributed by atoms with Crippen molar-refractivity contribution >= 4 is 6.16 Å². The van der Waals surface area contributed by atoms with Gasteiger partial charge >= 0.3 is 6.16 Å². The maximum Gasteiger partial charge on any atom is 0.503 e. The highest BCUT2D eigenvalue weighted by atomic mass is 16.6. The Balaban J connectivity index is 0.000000148. The van der Waals surface area contributed by atoms with E-state index in [1.165, 1.54) is 0 Å². The third-order valence-corrected chi connectivity index (χ3v) is 0.655. The molecule has 1 aliphatic rings. The Hall–Kier alpha value is -1.25. The molecule has 1 rings (SSSR count). The van der Waals surface area contributed by atoms with Crippen molar-refractivity contribution in [2.45, 2.75) is 6.42 Å². The van der Waals surface area contributed by atoms with E-state index in [2.05, 4.69) is 24.3 Å². The molecule has 3 nitrogen and oxygen atoms in total. The molecule has 0 unspecified atom stereocenters. The van der Waals surface area contributed by atoms with Gasteiger partial charge in [-0.05, 0) is 6.42 Å². The number of carboxylic acid groups (broad SMARTS) is 2. The molecule has 0 bridgehead atoms. The molecular weight excluding hydrogens is 120 g/mol. The number of hydrogen-bond donors (Lipinski definition) is 2. The maximum absolute atomic E-state index is 8.56. The van der Waals surface area contributed by atoms with E-state index < -0.39 is 6.16 Å². The molecule has 0 aliphatic heterocycles. The van der Waals surface area contributed by atoms with Crippen LogP contribution in [0.2, 0.25) is 0 Å². The molecule has 0 saturated heterocycles. The van der Waals surface area contributed by atoms with Gasteiger partial charge in [0.05, 0.1) is 0 Å². The summed E-state index contributed by atoms with van der Waals surface area (Å²) in [5.41, 5.74) is 0. The fourth-order valence-electron chi connectivity index (χ4n) is 0.393. The number of allylic oxidation sites excluding steroid dienone is 4. The summed E-state index contributed by atoms with van der Waals surface area (Å²) >= 11 is 0. The lowest BCUT2D eigenvalue weighted by Gasteiger charge is -1.60. The normalized spacial score (nSPS) is 12.4. The summed E-state index contributed by atoms with van der Waals surface area (Å²) in [5, 5.41) is 13.9. The predicted molar refractivity (Wildman–Crippen MR) is 33.6 cm³/mol. The molecule has 0 spiro atoms. The molecule has 2 N–H and O–H groups in total. The van der Waals surface area contributed by atoms with Crippen molar-refractivity contribution in [1.82, 2.24) is 0 Å². The minimum absolute atomic E-state index is 1.14. The van der Waals surface area contributed by atoms with Crippen LogP contribution in [-0.2, 0) is 0 Å². The van der Waals surface area contributed by atoms with Crippen LogP contribution in [0.4, 0.5) is 4.79 Å². The van der Waals surface area contributed by atoms with Crippen LogP contribution in [0.25, 0.3) is 0 Å². The third kappa shape index (κ3) is 10.8. The lowest BCUT2D eigenvalue weighted by Crippen LogP contribution is -1.81. The molecule has 3 heteroatoms. The van der Waals surface area contributed by atoms with Crippen molar-refractivity contribution in [2.75, 3.05) is 0 Å². The maximum atomic E-state index is 8.56. The summed E-state index contributed by atoms with van der Waals surface area (Å²) in [5.74, 6) is 0. The second-order valence-corrected chi connectivity index (χ2v) is 1.37. The van der Waals surface area contributed by atoms with E-state index in [1.54, 1.807) is 0 Å². The van der Waals surface area contributed by atoms with Gasteiger partial charge in [-0.3, -0.25) is 0 Å². The van der Waals surface area contributed by atoms with Gasteiger partial charge in [0.15, 0.2) is 0 Å². The molecule has 1 aliphatic carbocycles. The zero-order valence-corrected chi connectivity index (χ0v) is 4.82. The summed E-state index contributed by atoms with van der Waals surface area (Å²) in [6, 6.07) is 0. The summed E-state index contributed by atoms with van der Waals surface area (Å²) in [6.45, 7) is 0. The van der Waals surface area contributed by atoms with Gasteiger partial charge in [-0.2, -0.15) is 0 Å². The van der Waals surface area contributed by atoms with Crippen LogP contribution < -0.4 is 0 Å². The smallest absolute Gasteiger partial charge is 0.450 e. The van der Waals surface area contributed by atoms with Crippen molar-refractivity contribution in [3.8, 4) is 0 Å². The van der Waals surface area contributed by atoms with Crippen molar-refractivity contribution in [3.63, 3.8) is 0 Å². The van der Waals surface area contributed by atoms with Gasteiger partial charge in [-0.15, -0.1) is 0 Å². The van der Waals surface area contributed by atoms with Crippen LogP contribution in [0.15, 0.2) is 24.3 Å². The Bertz CT molecular complexity index is 121. The molecule has 0 radical (unpaired) electrons. The lowest BCUT2D eigenvalue weighted by atomic mass is 10.5. The SMILES string of the molecule is C1=CCC=C1.O=C(O)O. The number of rotatable bonds is 0. The van der Waals surface area contributed by atoms with Crippen molar-refractivity contribution in [1.29, 1.82) is 0 Å². The summed E-state index contributed by atoms with van der Waals surface area (Å²) in [7, 11) is 0. The van der Waals surface area contributed by atoms with E-state index in [1.807, 2.05) is 0 Å². The number of hydrogen-bond acceptors (Lipinski definition) is 1. The zero-order chi connectivity index (χ0) is 7.11. The van der Waals surface area contributed by atoms with Gasteiger partial charge in [-0.25, -0.2) is 4.79 Å². The molecule has 9 heavy (non-hydrogen) atoms. The molecule has 0 saturated carbocycles. The van der Waals surface area contributed by atoms with Crippen LogP contribution in [-0.4, -0.2) is 16.4 Å². The quantitative estimate of drug-likeness (QED) is 0.522. The first-order valence-corrected chi connectivity index (χ1v) is 2.47. The second kappa shape index (κ2) is 4.90. The van der Waals surface area contributed by atoms with Gasteiger partial charge in [0.2, 0.25) is 0 Å². The first-order chi connectivity index (χ1) is 4.23. The summed E-state index contributed by atoms with van der Waals surface area (Å²) < 4.78 is 0. The van der Waals surface area contributed by atoms with E-state index in [-0.39, 0.29) is 0 Å². The van der Waals surface area contributed by atoms with E-state index in [0.717, 1.165) is 6.42 Å². The highest BCUT2D eigenvalue weighted by molar-refractivity contribution is 5.53. The van der Waals surface area contributed by atoms with Crippen LogP contribution in [0.5, 0.6) is 0 Å². The Morgan fingerprint density at radius 2 is 1.56 bits per heavy atom. The van der Waals surface area contributed by atoms with Crippen LogP contribution >= 0.6 is 0 Å². The third-order valence-electron chi connectivity index (χ3n) is 0.655. The van der Waals surface area contributed by atoms with Gasteiger partial charge < -0.3 is 10.2 Å². The van der Waals surface area contributed by atoms with Crippen LogP contribution in [0.3, 0.4) is 0 Å². The molecule has 0 amide bonds. The number of carbonyl (C=O) groups is 1. The average molecular weight is 128 g/mol. The highest BCUT2D eigenvalue weighted by Crippen LogP contribution is 1.93.